The van der Waals surface area contributed by atoms with E-state index < -0.39 is 10.0 Å². The van der Waals surface area contributed by atoms with Gasteiger partial charge in [0.2, 0.25) is 10.0 Å². The number of nitrogens with zero attached hydrogens (tertiary/aromatic N) is 2. The van der Waals surface area contributed by atoms with E-state index in [0.717, 1.165) is 51.1 Å². The highest BCUT2D eigenvalue weighted by Gasteiger charge is 2.20. The Morgan fingerprint density at radius 3 is 2.46 bits per heavy atom. The monoisotopic (exact) mass is 357 g/mol. The first-order valence-corrected chi connectivity index (χ1v) is 10.3. The first-order chi connectivity index (χ1) is 11.3. The summed E-state index contributed by atoms with van der Waals surface area (Å²) in [4.78, 5) is 4.67. The van der Waals surface area contributed by atoms with Gasteiger partial charge in [0.25, 0.3) is 0 Å². The molecule has 1 fully saturated rings. The molecule has 0 unspecified atom stereocenters. The van der Waals surface area contributed by atoms with Crippen molar-refractivity contribution in [2.24, 2.45) is 5.92 Å². The van der Waals surface area contributed by atoms with Crippen LogP contribution in [0, 0.1) is 11.7 Å². The van der Waals surface area contributed by atoms with Crippen molar-refractivity contribution in [2.45, 2.75) is 19.4 Å². The Morgan fingerprint density at radius 2 is 1.88 bits per heavy atom. The summed E-state index contributed by atoms with van der Waals surface area (Å²) in [7, 11) is -1.01. The first-order valence-electron chi connectivity index (χ1n) is 8.42. The van der Waals surface area contributed by atoms with E-state index in [-0.39, 0.29) is 5.82 Å². The third-order valence-corrected chi connectivity index (χ3v) is 5.20. The van der Waals surface area contributed by atoms with Crippen molar-refractivity contribution in [1.82, 2.24) is 14.5 Å². The smallest absolute Gasteiger partial charge is 0.208 e. The molecule has 1 N–H and O–H groups in total. The highest BCUT2D eigenvalue weighted by molar-refractivity contribution is 7.88. The Labute approximate surface area is 144 Å². The average molecular weight is 357 g/mol. The van der Waals surface area contributed by atoms with Crippen LogP contribution < -0.4 is 4.72 Å². The molecule has 0 radical (unpaired) electrons. The van der Waals surface area contributed by atoms with Gasteiger partial charge in [-0.1, -0.05) is 12.1 Å². The second-order valence-electron chi connectivity index (χ2n) is 6.77. The van der Waals surface area contributed by atoms with Crippen molar-refractivity contribution < 1.29 is 12.8 Å². The van der Waals surface area contributed by atoms with E-state index in [2.05, 4.69) is 21.6 Å². The van der Waals surface area contributed by atoms with Crippen molar-refractivity contribution in [3.63, 3.8) is 0 Å². The molecule has 1 aliphatic heterocycles. The zero-order chi connectivity index (χ0) is 17.6. The van der Waals surface area contributed by atoms with Crippen LogP contribution >= 0.6 is 0 Å². The summed E-state index contributed by atoms with van der Waals surface area (Å²) in [5.41, 5.74) is 1.12. The summed E-state index contributed by atoms with van der Waals surface area (Å²) in [5.74, 6) is 0.238. The van der Waals surface area contributed by atoms with Crippen molar-refractivity contribution in [1.29, 1.82) is 0 Å². The van der Waals surface area contributed by atoms with E-state index in [1.54, 1.807) is 0 Å². The Morgan fingerprint density at radius 1 is 1.25 bits per heavy atom. The van der Waals surface area contributed by atoms with Gasteiger partial charge < -0.3 is 9.80 Å². The Bertz CT molecular complexity index is 599. The molecule has 0 saturated carbocycles. The lowest BCUT2D eigenvalue weighted by molar-refractivity contribution is 0.164. The number of sulfonamides is 1. The zero-order valence-corrected chi connectivity index (χ0v) is 15.4. The Hall–Kier alpha value is -1.02. The Kier molecular flexibility index (Phi) is 7.16. The van der Waals surface area contributed by atoms with Crippen LogP contribution in [0.2, 0.25) is 0 Å². The maximum absolute atomic E-state index is 12.9. The third-order valence-electron chi connectivity index (χ3n) is 4.51. The zero-order valence-electron chi connectivity index (χ0n) is 14.5. The normalized spacial score (nSPS) is 17.5. The molecule has 1 heterocycles. The van der Waals surface area contributed by atoms with Gasteiger partial charge in [-0.3, -0.25) is 0 Å². The molecule has 1 aromatic carbocycles. The Balaban J connectivity index is 1.64. The quantitative estimate of drug-likeness (QED) is 0.766. The van der Waals surface area contributed by atoms with Crippen LogP contribution in [-0.4, -0.2) is 64.2 Å². The van der Waals surface area contributed by atoms with Gasteiger partial charge in [0.1, 0.15) is 5.82 Å². The SMILES string of the molecule is CN(CCN1CCC(CNS(C)(=O)=O)CC1)Cc1ccc(F)cc1. The highest BCUT2D eigenvalue weighted by atomic mass is 32.2. The molecule has 1 aromatic rings. The number of nitrogens with one attached hydrogen (secondary N) is 1. The molecule has 0 aromatic heterocycles. The predicted octanol–water partition coefficient (Wildman–Crippen LogP) is 1.52. The molecule has 0 spiro atoms. The van der Waals surface area contributed by atoms with Crippen molar-refractivity contribution >= 4 is 10.0 Å². The highest BCUT2D eigenvalue weighted by Crippen LogP contribution is 2.16. The summed E-state index contributed by atoms with van der Waals surface area (Å²) in [6.45, 7) is 5.36. The number of rotatable bonds is 8. The molecule has 0 bridgehead atoms. The minimum atomic E-state index is -3.08. The summed E-state index contributed by atoms with van der Waals surface area (Å²) in [5, 5.41) is 0. The maximum Gasteiger partial charge on any atom is 0.208 e. The van der Waals surface area contributed by atoms with E-state index in [9.17, 15) is 12.8 Å². The van der Waals surface area contributed by atoms with Crippen LogP contribution in [0.1, 0.15) is 18.4 Å². The standard InChI is InChI=1S/C17H28FN3O2S/c1-20(14-16-3-5-17(18)6-4-16)11-12-21-9-7-15(8-10-21)13-19-24(2,22)23/h3-6,15,19H,7-14H2,1-2H3. The molecule has 0 aliphatic carbocycles. The molecule has 0 atom stereocenters. The van der Waals surface area contributed by atoms with Gasteiger partial charge in [-0.05, 0) is 56.6 Å². The van der Waals surface area contributed by atoms with Crippen LogP contribution in [0.3, 0.4) is 0 Å². The lowest BCUT2D eigenvalue weighted by Gasteiger charge is -2.33. The van der Waals surface area contributed by atoms with Crippen molar-refractivity contribution in [3.05, 3.63) is 35.6 Å². The summed E-state index contributed by atoms with van der Waals surface area (Å²) in [6, 6.07) is 6.65. The van der Waals surface area contributed by atoms with Crippen molar-refractivity contribution in [2.75, 3.05) is 46.0 Å². The number of hydrogen-bond acceptors (Lipinski definition) is 4. The molecule has 0 amide bonds. The molecule has 7 heteroatoms. The molecular formula is C17H28FN3O2S. The number of halogens is 1. The van der Waals surface area contributed by atoms with Gasteiger partial charge in [0, 0.05) is 26.2 Å². The third kappa shape index (κ3) is 7.25. The fourth-order valence-electron chi connectivity index (χ4n) is 2.98. The largest absolute Gasteiger partial charge is 0.302 e. The number of hydrogen-bond donors (Lipinski definition) is 1. The second-order valence-corrected chi connectivity index (χ2v) is 8.60. The minimum absolute atomic E-state index is 0.199. The van der Waals surface area contributed by atoms with Crippen LogP contribution in [0.15, 0.2) is 24.3 Å². The van der Waals surface area contributed by atoms with Crippen LogP contribution in [0.25, 0.3) is 0 Å². The summed E-state index contributed by atoms with van der Waals surface area (Å²) in [6.07, 6.45) is 3.27. The summed E-state index contributed by atoms with van der Waals surface area (Å²) < 4.78 is 37.8. The molecular weight excluding hydrogens is 329 g/mol. The van der Waals surface area contributed by atoms with Gasteiger partial charge >= 0.3 is 0 Å². The van der Waals surface area contributed by atoms with Gasteiger partial charge in [-0.25, -0.2) is 17.5 Å². The number of benzene rings is 1. The van der Waals surface area contributed by atoms with E-state index in [1.807, 2.05) is 12.1 Å². The lowest BCUT2D eigenvalue weighted by atomic mass is 9.97. The first kappa shape index (κ1) is 19.3. The topological polar surface area (TPSA) is 52.6 Å². The van der Waals surface area contributed by atoms with Crippen LogP contribution in [0.5, 0.6) is 0 Å². The lowest BCUT2D eigenvalue weighted by Crippen LogP contribution is -2.41. The van der Waals surface area contributed by atoms with Gasteiger partial charge in [0.05, 0.1) is 6.26 Å². The van der Waals surface area contributed by atoms with E-state index in [1.165, 1.54) is 18.4 Å². The molecule has 1 aliphatic rings. The van der Waals surface area contributed by atoms with E-state index >= 15 is 0 Å². The molecule has 1 saturated heterocycles. The molecule has 24 heavy (non-hydrogen) atoms. The van der Waals surface area contributed by atoms with Gasteiger partial charge in [-0.2, -0.15) is 0 Å². The van der Waals surface area contributed by atoms with Gasteiger partial charge in [-0.15, -0.1) is 0 Å². The van der Waals surface area contributed by atoms with E-state index in [0.29, 0.717) is 12.5 Å². The second kappa shape index (κ2) is 8.89. The summed E-state index contributed by atoms with van der Waals surface area (Å²) >= 11 is 0. The van der Waals surface area contributed by atoms with Gasteiger partial charge in [0.15, 0.2) is 0 Å². The maximum atomic E-state index is 12.9. The fraction of sp³-hybridized carbons (Fsp3) is 0.647. The van der Waals surface area contributed by atoms with Crippen molar-refractivity contribution in [3.8, 4) is 0 Å². The van der Waals surface area contributed by atoms with E-state index in [4.69, 9.17) is 0 Å². The van der Waals surface area contributed by atoms with Crippen LogP contribution in [0.4, 0.5) is 4.39 Å². The number of piperidine rings is 1. The number of likely N-dealkylation sites (N-methyl/N-ethyl adjacent to an activating group) is 1. The molecule has 136 valence electrons. The molecule has 5 nitrogen and oxygen atoms in total. The minimum Gasteiger partial charge on any atom is -0.302 e. The molecule has 2 rings (SSSR count). The van der Waals surface area contributed by atoms with Crippen LogP contribution in [-0.2, 0) is 16.6 Å². The number of likely N-dealkylation sites (tertiary alicyclic amines) is 1. The fourth-order valence-corrected chi connectivity index (χ4v) is 3.51. The average Bonchev–Trinajstić information content (AvgIpc) is 2.53. The predicted molar refractivity (Wildman–Crippen MR) is 94.7 cm³/mol.